The number of carbonyl (C=O) groups is 2. The van der Waals surface area contributed by atoms with Gasteiger partial charge in [-0.15, -0.1) is 0 Å². The lowest BCUT2D eigenvalue weighted by Gasteiger charge is -2.34. The first kappa shape index (κ1) is 19.0. The SMILES string of the molecule is CC1CCCCN1C(=O)/C(=C/c1c[nH]c2ccccc12)NC(=O)c1ccccc1. The average molecular weight is 387 g/mol. The van der Waals surface area contributed by atoms with Crippen LogP contribution in [-0.2, 0) is 4.79 Å². The van der Waals surface area contributed by atoms with Crippen LogP contribution in [0.2, 0.25) is 0 Å². The number of H-pyrrole nitrogens is 1. The van der Waals surface area contributed by atoms with Gasteiger partial charge in [0.1, 0.15) is 5.70 Å². The first-order valence-electron chi connectivity index (χ1n) is 10.1. The molecular formula is C24H25N3O2. The quantitative estimate of drug-likeness (QED) is 0.654. The molecule has 5 heteroatoms. The number of hydrogen-bond donors (Lipinski definition) is 2. The van der Waals surface area contributed by atoms with E-state index in [1.54, 1.807) is 18.2 Å². The van der Waals surface area contributed by atoms with Gasteiger partial charge in [0.15, 0.2) is 0 Å². The van der Waals surface area contributed by atoms with Crippen LogP contribution in [0.1, 0.15) is 42.1 Å². The van der Waals surface area contributed by atoms with Crippen molar-refractivity contribution in [3.05, 3.63) is 77.6 Å². The molecule has 1 atom stereocenters. The number of piperidine rings is 1. The Labute approximate surface area is 170 Å². The molecular weight excluding hydrogens is 362 g/mol. The van der Waals surface area contributed by atoms with Gasteiger partial charge in [-0.1, -0.05) is 36.4 Å². The van der Waals surface area contributed by atoms with Crippen LogP contribution in [0.15, 0.2) is 66.5 Å². The summed E-state index contributed by atoms with van der Waals surface area (Å²) < 4.78 is 0. The fourth-order valence-electron chi connectivity index (χ4n) is 3.86. The molecule has 2 aromatic carbocycles. The minimum Gasteiger partial charge on any atom is -0.361 e. The van der Waals surface area contributed by atoms with Crippen LogP contribution >= 0.6 is 0 Å². The maximum absolute atomic E-state index is 13.4. The predicted molar refractivity (Wildman–Crippen MR) is 115 cm³/mol. The minimum atomic E-state index is -0.283. The molecule has 1 aromatic heterocycles. The van der Waals surface area contributed by atoms with E-state index in [4.69, 9.17) is 0 Å². The van der Waals surface area contributed by atoms with Crippen LogP contribution in [-0.4, -0.2) is 34.3 Å². The molecule has 2 N–H and O–H groups in total. The number of hydrogen-bond acceptors (Lipinski definition) is 2. The van der Waals surface area contributed by atoms with E-state index in [-0.39, 0.29) is 17.9 Å². The molecule has 4 rings (SSSR count). The van der Waals surface area contributed by atoms with E-state index in [1.165, 1.54) is 0 Å². The molecule has 3 aromatic rings. The molecule has 0 bridgehead atoms. The van der Waals surface area contributed by atoms with Crippen LogP contribution in [0.5, 0.6) is 0 Å². The molecule has 1 aliphatic rings. The van der Waals surface area contributed by atoms with Crippen molar-refractivity contribution in [2.45, 2.75) is 32.2 Å². The molecule has 1 fully saturated rings. The zero-order valence-corrected chi connectivity index (χ0v) is 16.5. The number of fused-ring (bicyclic) bond motifs is 1. The Morgan fingerprint density at radius 1 is 1.07 bits per heavy atom. The number of likely N-dealkylation sites (tertiary alicyclic amines) is 1. The van der Waals surface area contributed by atoms with Gasteiger partial charge < -0.3 is 15.2 Å². The maximum Gasteiger partial charge on any atom is 0.270 e. The Hall–Kier alpha value is -3.34. The number of amides is 2. The Bertz CT molecular complexity index is 1050. The average Bonchev–Trinajstić information content (AvgIpc) is 3.16. The van der Waals surface area contributed by atoms with Gasteiger partial charge in [-0.2, -0.15) is 0 Å². The molecule has 1 aliphatic heterocycles. The van der Waals surface area contributed by atoms with Crippen molar-refractivity contribution in [1.82, 2.24) is 15.2 Å². The molecule has 1 unspecified atom stereocenters. The number of aromatic amines is 1. The molecule has 148 valence electrons. The van der Waals surface area contributed by atoms with Crippen molar-refractivity contribution < 1.29 is 9.59 Å². The third kappa shape index (κ3) is 4.09. The van der Waals surface area contributed by atoms with Crippen molar-refractivity contribution in [3.8, 4) is 0 Å². The fourth-order valence-corrected chi connectivity index (χ4v) is 3.86. The van der Waals surface area contributed by atoms with Crippen molar-refractivity contribution in [2.24, 2.45) is 0 Å². The maximum atomic E-state index is 13.4. The van der Waals surface area contributed by atoms with Crippen LogP contribution < -0.4 is 5.32 Å². The highest BCUT2D eigenvalue weighted by molar-refractivity contribution is 6.06. The van der Waals surface area contributed by atoms with Gasteiger partial charge in [0.05, 0.1) is 0 Å². The Balaban J connectivity index is 1.70. The first-order valence-corrected chi connectivity index (χ1v) is 10.1. The highest BCUT2D eigenvalue weighted by Gasteiger charge is 2.27. The number of nitrogens with zero attached hydrogens (tertiary/aromatic N) is 1. The summed E-state index contributed by atoms with van der Waals surface area (Å²) in [4.78, 5) is 31.3. The van der Waals surface area contributed by atoms with E-state index in [0.717, 1.165) is 35.7 Å². The molecule has 1 saturated heterocycles. The van der Waals surface area contributed by atoms with Crippen molar-refractivity contribution in [3.63, 3.8) is 0 Å². The lowest BCUT2D eigenvalue weighted by molar-refractivity contribution is -0.130. The van der Waals surface area contributed by atoms with Gasteiger partial charge in [0.25, 0.3) is 11.8 Å². The number of benzene rings is 2. The molecule has 2 heterocycles. The summed E-state index contributed by atoms with van der Waals surface area (Å²) in [5.74, 6) is -0.415. The number of nitrogens with one attached hydrogen (secondary N) is 2. The molecule has 2 amide bonds. The van der Waals surface area contributed by atoms with Crippen molar-refractivity contribution in [1.29, 1.82) is 0 Å². The summed E-state index contributed by atoms with van der Waals surface area (Å²) in [5.41, 5.74) is 2.70. The zero-order valence-electron chi connectivity index (χ0n) is 16.5. The standard InChI is InChI=1S/C24H25N3O2/c1-17-9-7-8-14-27(17)24(29)22(26-23(28)18-10-3-2-4-11-18)15-19-16-25-21-13-6-5-12-20(19)21/h2-6,10-13,15-17,25H,7-9,14H2,1H3,(H,26,28)/b22-15-. The van der Waals surface area contributed by atoms with Gasteiger partial charge >= 0.3 is 0 Å². The normalized spacial score (nSPS) is 17.3. The zero-order chi connectivity index (χ0) is 20.2. The molecule has 5 nitrogen and oxygen atoms in total. The minimum absolute atomic E-state index is 0.133. The topological polar surface area (TPSA) is 65.2 Å². The van der Waals surface area contributed by atoms with E-state index in [9.17, 15) is 9.59 Å². The van der Waals surface area contributed by atoms with E-state index >= 15 is 0 Å². The number of aromatic nitrogens is 1. The van der Waals surface area contributed by atoms with E-state index < -0.39 is 0 Å². The van der Waals surface area contributed by atoms with Gasteiger partial charge in [-0.3, -0.25) is 9.59 Å². The van der Waals surface area contributed by atoms with Crippen LogP contribution in [0.25, 0.3) is 17.0 Å². The highest BCUT2D eigenvalue weighted by atomic mass is 16.2. The first-order chi connectivity index (χ1) is 14.1. The molecule has 29 heavy (non-hydrogen) atoms. The van der Waals surface area contributed by atoms with E-state index in [2.05, 4.69) is 17.2 Å². The second kappa shape index (κ2) is 8.35. The summed E-state index contributed by atoms with van der Waals surface area (Å²) in [6.07, 6.45) is 6.75. The fraction of sp³-hybridized carbons (Fsp3) is 0.250. The van der Waals surface area contributed by atoms with Gasteiger partial charge in [0, 0.05) is 40.8 Å². The molecule has 0 radical (unpaired) electrons. The van der Waals surface area contributed by atoms with Crippen LogP contribution in [0.4, 0.5) is 0 Å². The van der Waals surface area contributed by atoms with Crippen LogP contribution in [0.3, 0.4) is 0 Å². The number of rotatable bonds is 4. The second-order valence-electron chi connectivity index (χ2n) is 7.51. The number of para-hydroxylation sites is 1. The monoisotopic (exact) mass is 387 g/mol. The highest BCUT2D eigenvalue weighted by Crippen LogP contribution is 2.23. The predicted octanol–water partition coefficient (Wildman–Crippen LogP) is 4.34. The molecule has 0 aliphatic carbocycles. The Morgan fingerprint density at radius 3 is 2.62 bits per heavy atom. The van der Waals surface area contributed by atoms with Gasteiger partial charge in [0.2, 0.25) is 0 Å². The van der Waals surface area contributed by atoms with Crippen LogP contribution in [0, 0.1) is 0 Å². The number of carbonyl (C=O) groups excluding carboxylic acids is 2. The van der Waals surface area contributed by atoms with E-state index in [1.807, 2.05) is 53.6 Å². The molecule has 0 spiro atoms. The largest absolute Gasteiger partial charge is 0.361 e. The summed E-state index contributed by atoms with van der Waals surface area (Å²) in [6, 6.07) is 17.1. The summed E-state index contributed by atoms with van der Waals surface area (Å²) in [7, 11) is 0. The van der Waals surface area contributed by atoms with Crippen molar-refractivity contribution in [2.75, 3.05) is 6.54 Å². The Morgan fingerprint density at radius 2 is 1.83 bits per heavy atom. The lowest BCUT2D eigenvalue weighted by atomic mass is 10.0. The third-order valence-electron chi connectivity index (χ3n) is 5.50. The van der Waals surface area contributed by atoms with Crippen molar-refractivity contribution >= 4 is 28.8 Å². The van der Waals surface area contributed by atoms with Gasteiger partial charge in [-0.25, -0.2) is 0 Å². The lowest BCUT2D eigenvalue weighted by Crippen LogP contribution is -2.45. The summed E-state index contributed by atoms with van der Waals surface area (Å²) in [5, 5.41) is 3.88. The molecule has 0 saturated carbocycles. The van der Waals surface area contributed by atoms with Gasteiger partial charge in [-0.05, 0) is 50.5 Å². The van der Waals surface area contributed by atoms with E-state index in [0.29, 0.717) is 17.8 Å². The third-order valence-corrected chi connectivity index (χ3v) is 5.50. The second-order valence-corrected chi connectivity index (χ2v) is 7.51. The summed E-state index contributed by atoms with van der Waals surface area (Å²) in [6.45, 7) is 2.78. The summed E-state index contributed by atoms with van der Waals surface area (Å²) >= 11 is 0. The Kier molecular flexibility index (Phi) is 5.47. The smallest absolute Gasteiger partial charge is 0.270 e.